The van der Waals surface area contributed by atoms with Gasteiger partial charge >= 0.3 is 0 Å². The Morgan fingerprint density at radius 3 is 2.25 bits per heavy atom. The van der Waals surface area contributed by atoms with Gasteiger partial charge in [0.1, 0.15) is 5.75 Å². The molecule has 0 bridgehead atoms. The van der Waals surface area contributed by atoms with Gasteiger partial charge in [0.15, 0.2) is 11.5 Å². The van der Waals surface area contributed by atoms with Crippen LogP contribution in [0.15, 0.2) is 30.3 Å². The summed E-state index contributed by atoms with van der Waals surface area (Å²) >= 11 is 0. The summed E-state index contributed by atoms with van der Waals surface area (Å²) in [6.45, 7) is 0. The van der Waals surface area contributed by atoms with Gasteiger partial charge in [-0.15, -0.1) is 0 Å². The highest BCUT2D eigenvalue weighted by Gasteiger charge is 2.25. The van der Waals surface area contributed by atoms with E-state index >= 15 is 0 Å². The molecule has 1 aliphatic heterocycles. The van der Waals surface area contributed by atoms with Crippen molar-refractivity contribution in [2.75, 3.05) is 26.6 Å². The van der Waals surface area contributed by atoms with Crippen LogP contribution in [0.25, 0.3) is 11.6 Å². The summed E-state index contributed by atoms with van der Waals surface area (Å²) in [5, 5.41) is 12.4. The Morgan fingerprint density at radius 1 is 1.00 bits per heavy atom. The summed E-state index contributed by atoms with van der Waals surface area (Å²) < 4.78 is 15.9. The highest BCUT2D eigenvalue weighted by Crippen LogP contribution is 2.40. The molecule has 6 nitrogen and oxygen atoms in total. The Bertz CT molecular complexity index is 816. The average molecular weight is 327 g/mol. The fraction of sp³-hybridized carbons (Fsp3) is 0.167. The third-order valence-electron chi connectivity index (χ3n) is 3.78. The van der Waals surface area contributed by atoms with Crippen molar-refractivity contribution in [3.05, 3.63) is 41.5 Å². The summed E-state index contributed by atoms with van der Waals surface area (Å²) in [6, 6.07) is 8.25. The fourth-order valence-electron chi connectivity index (χ4n) is 2.67. The second kappa shape index (κ2) is 6.16. The third kappa shape index (κ3) is 2.62. The lowest BCUT2D eigenvalue weighted by molar-refractivity contribution is -0.110. The van der Waals surface area contributed by atoms with Crippen LogP contribution in [0.1, 0.15) is 11.1 Å². The van der Waals surface area contributed by atoms with E-state index in [1.54, 1.807) is 30.3 Å². The number of ether oxygens (including phenoxy) is 3. The molecule has 124 valence electrons. The number of amides is 1. The summed E-state index contributed by atoms with van der Waals surface area (Å²) in [6.07, 6.45) is 1.71. The zero-order valence-electron chi connectivity index (χ0n) is 13.5. The van der Waals surface area contributed by atoms with E-state index < -0.39 is 0 Å². The number of anilines is 1. The number of benzene rings is 2. The molecule has 0 atom stereocenters. The van der Waals surface area contributed by atoms with Crippen LogP contribution in [-0.2, 0) is 4.79 Å². The summed E-state index contributed by atoms with van der Waals surface area (Å²) in [4.78, 5) is 12.2. The lowest BCUT2D eigenvalue weighted by Crippen LogP contribution is -2.03. The molecule has 1 heterocycles. The molecule has 2 aromatic rings. The Hall–Kier alpha value is -3.15. The second-order valence-electron chi connectivity index (χ2n) is 5.20. The minimum Gasteiger partial charge on any atom is -0.508 e. The van der Waals surface area contributed by atoms with Gasteiger partial charge in [0.2, 0.25) is 5.75 Å². The Balaban J connectivity index is 2.13. The van der Waals surface area contributed by atoms with Crippen molar-refractivity contribution < 1.29 is 24.1 Å². The van der Waals surface area contributed by atoms with Crippen LogP contribution < -0.4 is 19.5 Å². The van der Waals surface area contributed by atoms with E-state index in [9.17, 15) is 9.90 Å². The predicted octanol–water partition coefficient (Wildman–Crippen LogP) is 2.91. The van der Waals surface area contributed by atoms with Gasteiger partial charge in [0.25, 0.3) is 5.91 Å². The number of aromatic hydroxyl groups is 1. The maximum absolute atomic E-state index is 12.2. The van der Waals surface area contributed by atoms with Crippen molar-refractivity contribution in [2.24, 2.45) is 0 Å². The maximum atomic E-state index is 12.2. The number of phenols is 1. The Labute approximate surface area is 139 Å². The highest BCUT2D eigenvalue weighted by molar-refractivity contribution is 6.35. The van der Waals surface area contributed by atoms with Gasteiger partial charge in [-0.2, -0.15) is 0 Å². The number of methoxy groups -OCH3 is 3. The zero-order valence-corrected chi connectivity index (χ0v) is 13.5. The van der Waals surface area contributed by atoms with Crippen molar-refractivity contribution in [1.82, 2.24) is 0 Å². The molecule has 6 heteroatoms. The molecule has 3 rings (SSSR count). The summed E-state index contributed by atoms with van der Waals surface area (Å²) in [7, 11) is 4.59. The van der Waals surface area contributed by atoms with E-state index in [2.05, 4.69) is 5.32 Å². The van der Waals surface area contributed by atoms with Crippen LogP contribution in [0, 0.1) is 0 Å². The molecule has 0 radical (unpaired) electrons. The fourth-order valence-corrected chi connectivity index (χ4v) is 2.67. The summed E-state index contributed by atoms with van der Waals surface area (Å²) in [5.74, 6) is 1.35. The normalized spacial score (nSPS) is 14.3. The molecule has 2 aromatic carbocycles. The van der Waals surface area contributed by atoms with Crippen LogP contribution in [-0.4, -0.2) is 32.3 Å². The molecule has 1 aliphatic rings. The number of phenolic OH excluding ortho intramolecular Hbond substituents is 1. The van der Waals surface area contributed by atoms with Gasteiger partial charge in [0.05, 0.1) is 21.3 Å². The number of hydrogen-bond acceptors (Lipinski definition) is 5. The topological polar surface area (TPSA) is 77.0 Å². The first-order valence-corrected chi connectivity index (χ1v) is 7.23. The number of nitrogens with one attached hydrogen (secondary N) is 1. The number of hydrogen-bond donors (Lipinski definition) is 2. The molecule has 2 N–H and O–H groups in total. The minimum absolute atomic E-state index is 0.0982. The first-order valence-electron chi connectivity index (χ1n) is 7.23. The van der Waals surface area contributed by atoms with Crippen molar-refractivity contribution in [1.29, 1.82) is 0 Å². The SMILES string of the molecule is COc1cc(/C=C2\C(=O)Nc3ccc(O)cc32)cc(OC)c1OC. The van der Waals surface area contributed by atoms with Gasteiger partial charge in [-0.1, -0.05) is 0 Å². The molecule has 0 aliphatic carbocycles. The monoisotopic (exact) mass is 327 g/mol. The molecule has 0 saturated heterocycles. The van der Waals surface area contributed by atoms with Gasteiger partial charge in [-0.3, -0.25) is 4.79 Å². The molecule has 0 aromatic heterocycles. The Kier molecular flexibility index (Phi) is 4.04. The predicted molar refractivity (Wildman–Crippen MR) is 90.7 cm³/mol. The lowest BCUT2D eigenvalue weighted by Gasteiger charge is -2.13. The molecule has 0 unspecified atom stereocenters. The van der Waals surface area contributed by atoms with E-state index in [1.165, 1.54) is 27.4 Å². The van der Waals surface area contributed by atoms with Crippen molar-refractivity contribution >= 4 is 23.2 Å². The summed E-state index contributed by atoms with van der Waals surface area (Å²) in [5.41, 5.74) is 2.48. The van der Waals surface area contributed by atoms with Crippen LogP contribution in [0.5, 0.6) is 23.0 Å². The van der Waals surface area contributed by atoms with Gasteiger partial charge in [-0.05, 0) is 42.0 Å². The smallest absolute Gasteiger partial charge is 0.256 e. The second-order valence-corrected chi connectivity index (χ2v) is 5.20. The molecular formula is C18H17NO5. The van der Waals surface area contributed by atoms with Crippen molar-refractivity contribution in [3.63, 3.8) is 0 Å². The number of fused-ring (bicyclic) bond motifs is 1. The highest BCUT2D eigenvalue weighted by atomic mass is 16.5. The van der Waals surface area contributed by atoms with Crippen molar-refractivity contribution in [2.45, 2.75) is 0 Å². The van der Waals surface area contributed by atoms with Crippen LogP contribution in [0.2, 0.25) is 0 Å². The first-order chi connectivity index (χ1) is 11.6. The zero-order chi connectivity index (χ0) is 17.3. The van der Waals surface area contributed by atoms with Gasteiger partial charge in [0, 0.05) is 16.8 Å². The van der Waals surface area contributed by atoms with Gasteiger partial charge in [-0.25, -0.2) is 0 Å². The maximum Gasteiger partial charge on any atom is 0.256 e. The van der Waals surface area contributed by atoms with Gasteiger partial charge < -0.3 is 24.6 Å². The third-order valence-corrected chi connectivity index (χ3v) is 3.78. The number of carbonyl (C=O) groups excluding carboxylic acids is 1. The first kappa shape index (κ1) is 15.7. The largest absolute Gasteiger partial charge is 0.508 e. The molecule has 0 saturated carbocycles. The minimum atomic E-state index is -0.232. The molecular weight excluding hydrogens is 310 g/mol. The van der Waals surface area contributed by atoms with Crippen LogP contribution in [0.4, 0.5) is 5.69 Å². The van der Waals surface area contributed by atoms with E-state index in [1.807, 2.05) is 0 Å². The van der Waals surface area contributed by atoms with E-state index in [4.69, 9.17) is 14.2 Å². The Morgan fingerprint density at radius 2 is 1.67 bits per heavy atom. The molecule has 1 amide bonds. The number of carbonyl (C=O) groups is 1. The van der Waals surface area contributed by atoms with E-state index in [-0.39, 0.29) is 11.7 Å². The average Bonchev–Trinajstić information content (AvgIpc) is 2.89. The number of rotatable bonds is 4. The molecule has 0 fully saturated rings. The van der Waals surface area contributed by atoms with Crippen LogP contribution >= 0.6 is 0 Å². The lowest BCUT2D eigenvalue weighted by atomic mass is 10.0. The quantitative estimate of drug-likeness (QED) is 0.667. The molecule has 24 heavy (non-hydrogen) atoms. The molecule has 0 spiro atoms. The van der Waals surface area contributed by atoms with E-state index in [0.717, 1.165) is 0 Å². The van der Waals surface area contributed by atoms with E-state index in [0.29, 0.717) is 39.6 Å². The van der Waals surface area contributed by atoms with Crippen LogP contribution in [0.3, 0.4) is 0 Å². The standard InChI is InChI=1S/C18H17NO5/c1-22-15-7-10(8-16(23-2)17(15)24-3)6-13-12-9-11(20)4-5-14(12)19-18(13)21/h4-9,20H,1-3H3,(H,19,21)/b13-6-. The van der Waals surface area contributed by atoms with Crippen molar-refractivity contribution in [3.8, 4) is 23.0 Å².